The molecule has 0 atom stereocenters. The Kier molecular flexibility index (Phi) is 3.62. The molecule has 16 heavy (non-hydrogen) atoms. The van der Waals surface area contributed by atoms with Crippen LogP contribution in [-0.4, -0.2) is 31.1 Å². The van der Waals surface area contributed by atoms with Crippen molar-refractivity contribution >= 4 is 29.8 Å². The number of anilines is 1. The number of H-pyrrole nitrogens is 1. The Morgan fingerprint density at radius 2 is 1.88 bits per heavy atom. The van der Waals surface area contributed by atoms with Gasteiger partial charge in [0.05, 0.1) is 19.9 Å². The van der Waals surface area contributed by atoms with Crippen LogP contribution in [0.25, 0.3) is 0 Å². The van der Waals surface area contributed by atoms with Gasteiger partial charge in [-0.15, -0.1) is 0 Å². The van der Waals surface area contributed by atoms with E-state index < -0.39 is 11.9 Å². The minimum atomic E-state index is -0.737. The molecule has 0 spiro atoms. The molecule has 0 aliphatic rings. The quantitative estimate of drug-likeness (QED) is 0.591. The van der Waals surface area contributed by atoms with Crippen molar-refractivity contribution in [2.45, 2.75) is 0 Å². The second-order valence-electron chi connectivity index (χ2n) is 2.82. The van der Waals surface area contributed by atoms with E-state index in [1.165, 1.54) is 20.3 Å². The molecule has 1 heterocycles. The van der Waals surface area contributed by atoms with E-state index in [1.54, 1.807) is 0 Å². The van der Waals surface area contributed by atoms with E-state index in [0.29, 0.717) is 0 Å². The highest BCUT2D eigenvalue weighted by Gasteiger charge is 2.22. The van der Waals surface area contributed by atoms with Gasteiger partial charge in [-0.3, -0.25) is 0 Å². The minimum absolute atomic E-state index is 0.0657. The van der Waals surface area contributed by atoms with E-state index in [1.807, 2.05) is 0 Å². The standard InChI is InChI=1S/C9H10N2O4S/c1-14-8(12)6-4(10)3-5(16)11-7(6)9(13)15-2/h3H,1-2H3,(H3,10,11,16). The monoisotopic (exact) mass is 242 g/mol. The maximum absolute atomic E-state index is 11.4. The number of nitrogen functional groups attached to an aromatic ring is 1. The molecule has 7 heteroatoms. The third kappa shape index (κ3) is 2.19. The molecule has 0 bridgehead atoms. The molecule has 0 radical (unpaired) electrons. The zero-order valence-electron chi connectivity index (χ0n) is 8.70. The molecule has 86 valence electrons. The van der Waals surface area contributed by atoms with E-state index >= 15 is 0 Å². The third-order valence-corrected chi connectivity index (χ3v) is 2.07. The summed E-state index contributed by atoms with van der Waals surface area (Å²) >= 11 is 4.84. The van der Waals surface area contributed by atoms with Gasteiger partial charge in [-0.05, 0) is 6.07 Å². The summed E-state index contributed by atoms with van der Waals surface area (Å²) in [6.07, 6.45) is 0. The van der Waals surface area contributed by atoms with Crippen molar-refractivity contribution in [3.63, 3.8) is 0 Å². The van der Waals surface area contributed by atoms with Gasteiger partial charge in [0.15, 0.2) is 0 Å². The van der Waals surface area contributed by atoms with Crippen molar-refractivity contribution in [3.05, 3.63) is 22.0 Å². The van der Waals surface area contributed by atoms with E-state index in [-0.39, 0.29) is 21.6 Å². The fraction of sp³-hybridized carbons (Fsp3) is 0.222. The van der Waals surface area contributed by atoms with Gasteiger partial charge in [0, 0.05) is 0 Å². The van der Waals surface area contributed by atoms with E-state index in [4.69, 9.17) is 18.0 Å². The number of aromatic nitrogens is 1. The second kappa shape index (κ2) is 4.75. The number of nitrogens with two attached hydrogens (primary N) is 1. The van der Waals surface area contributed by atoms with Crippen molar-refractivity contribution in [2.75, 3.05) is 20.0 Å². The second-order valence-corrected chi connectivity index (χ2v) is 3.26. The molecule has 0 amide bonds. The average Bonchev–Trinajstić information content (AvgIpc) is 2.26. The summed E-state index contributed by atoms with van der Waals surface area (Å²) < 4.78 is 9.24. The molecule has 6 nitrogen and oxygen atoms in total. The predicted molar refractivity (Wildman–Crippen MR) is 58.7 cm³/mol. The lowest BCUT2D eigenvalue weighted by molar-refractivity contribution is 0.0550. The molecule has 0 aromatic carbocycles. The average molecular weight is 242 g/mol. The molecule has 1 rings (SSSR count). The minimum Gasteiger partial charge on any atom is -0.465 e. The number of rotatable bonds is 2. The fourth-order valence-corrected chi connectivity index (χ4v) is 1.39. The third-order valence-electron chi connectivity index (χ3n) is 1.85. The first kappa shape index (κ1) is 12.2. The van der Waals surface area contributed by atoms with Gasteiger partial charge in [0.2, 0.25) is 0 Å². The van der Waals surface area contributed by atoms with Crippen molar-refractivity contribution in [1.82, 2.24) is 4.98 Å². The van der Waals surface area contributed by atoms with Gasteiger partial charge in [0.25, 0.3) is 0 Å². The highest BCUT2D eigenvalue weighted by atomic mass is 32.1. The lowest BCUT2D eigenvalue weighted by atomic mass is 10.1. The van der Waals surface area contributed by atoms with Crippen LogP contribution in [0, 0.1) is 4.64 Å². The van der Waals surface area contributed by atoms with Crippen molar-refractivity contribution in [1.29, 1.82) is 0 Å². The molecule has 1 aromatic rings. The zero-order chi connectivity index (χ0) is 12.3. The van der Waals surface area contributed by atoms with Crippen LogP contribution in [0.15, 0.2) is 6.07 Å². The number of carbonyl (C=O) groups excluding carboxylic acids is 2. The number of nitrogens with one attached hydrogen (secondary N) is 1. The van der Waals surface area contributed by atoms with Crippen LogP contribution in [0.3, 0.4) is 0 Å². The summed E-state index contributed by atoms with van der Waals surface area (Å²) in [6, 6.07) is 1.36. The number of hydrogen-bond acceptors (Lipinski definition) is 6. The smallest absolute Gasteiger partial charge is 0.355 e. The SMILES string of the molecule is COC(=O)c1[nH]c(=S)cc(N)c1C(=O)OC. The Bertz CT molecular complexity index is 495. The lowest BCUT2D eigenvalue weighted by Crippen LogP contribution is -2.16. The first-order valence-electron chi connectivity index (χ1n) is 4.20. The number of pyridine rings is 1. The Morgan fingerprint density at radius 3 is 2.38 bits per heavy atom. The number of methoxy groups -OCH3 is 2. The van der Waals surface area contributed by atoms with Gasteiger partial charge in [-0.25, -0.2) is 9.59 Å². The maximum atomic E-state index is 11.4. The predicted octanol–water partition coefficient (Wildman–Crippen LogP) is 0.900. The van der Waals surface area contributed by atoms with Gasteiger partial charge in [-0.1, -0.05) is 12.2 Å². The molecular formula is C9H10N2O4S. The first-order chi connectivity index (χ1) is 7.51. The van der Waals surface area contributed by atoms with Crippen LogP contribution in [0.1, 0.15) is 20.8 Å². The first-order valence-corrected chi connectivity index (χ1v) is 4.61. The highest BCUT2D eigenvalue weighted by molar-refractivity contribution is 7.71. The number of carbonyl (C=O) groups is 2. The summed E-state index contributed by atoms with van der Waals surface area (Å²) in [6.45, 7) is 0. The highest BCUT2D eigenvalue weighted by Crippen LogP contribution is 2.17. The molecule has 3 N–H and O–H groups in total. The van der Waals surface area contributed by atoms with Crippen molar-refractivity contribution in [2.24, 2.45) is 0 Å². The summed E-state index contributed by atoms with van der Waals surface area (Å²) in [5, 5.41) is 0. The maximum Gasteiger partial charge on any atom is 0.355 e. The van der Waals surface area contributed by atoms with Crippen molar-refractivity contribution < 1.29 is 19.1 Å². The van der Waals surface area contributed by atoms with Gasteiger partial charge in [-0.2, -0.15) is 0 Å². The number of hydrogen-bond donors (Lipinski definition) is 2. The largest absolute Gasteiger partial charge is 0.465 e. The normalized spacial score (nSPS) is 9.62. The Labute approximate surface area is 96.4 Å². The van der Waals surface area contributed by atoms with E-state index in [0.717, 1.165) is 0 Å². The molecule has 0 saturated heterocycles. The van der Waals surface area contributed by atoms with Crippen LogP contribution >= 0.6 is 12.2 Å². The molecule has 1 aromatic heterocycles. The summed E-state index contributed by atoms with van der Waals surface area (Å²) in [5.41, 5.74) is 5.47. The topological polar surface area (TPSA) is 94.4 Å². The van der Waals surface area contributed by atoms with Crippen LogP contribution in [-0.2, 0) is 9.47 Å². The van der Waals surface area contributed by atoms with Gasteiger partial charge < -0.3 is 20.2 Å². The summed E-state index contributed by atoms with van der Waals surface area (Å²) in [7, 11) is 2.37. The zero-order valence-corrected chi connectivity index (χ0v) is 9.51. The van der Waals surface area contributed by atoms with Crippen molar-refractivity contribution in [3.8, 4) is 0 Å². The lowest BCUT2D eigenvalue weighted by Gasteiger charge is -2.08. The number of ether oxygens (including phenoxy) is 2. The number of aromatic amines is 1. The number of esters is 2. The van der Waals surface area contributed by atoms with Crippen LogP contribution in [0.2, 0.25) is 0 Å². The van der Waals surface area contributed by atoms with Crippen LogP contribution in [0.5, 0.6) is 0 Å². The Balaban J connectivity index is 3.50. The van der Waals surface area contributed by atoms with Crippen LogP contribution in [0.4, 0.5) is 5.69 Å². The molecule has 0 saturated carbocycles. The molecule has 0 aliphatic heterocycles. The summed E-state index contributed by atoms with van der Waals surface area (Å²) in [5.74, 6) is -1.47. The molecule has 0 unspecified atom stereocenters. The molecule has 0 fully saturated rings. The Hall–Kier alpha value is -1.89. The van der Waals surface area contributed by atoms with Crippen LogP contribution < -0.4 is 5.73 Å². The fourth-order valence-electron chi connectivity index (χ4n) is 1.16. The molecule has 0 aliphatic carbocycles. The van der Waals surface area contributed by atoms with E-state index in [2.05, 4.69) is 14.5 Å². The summed E-state index contributed by atoms with van der Waals surface area (Å²) in [4.78, 5) is 25.4. The van der Waals surface area contributed by atoms with Gasteiger partial charge >= 0.3 is 11.9 Å². The Morgan fingerprint density at radius 1 is 1.31 bits per heavy atom. The van der Waals surface area contributed by atoms with E-state index in [9.17, 15) is 9.59 Å². The van der Waals surface area contributed by atoms with Gasteiger partial charge in [0.1, 0.15) is 15.9 Å². The molecular weight excluding hydrogens is 232 g/mol.